The van der Waals surface area contributed by atoms with Crippen molar-refractivity contribution in [2.45, 2.75) is 38.3 Å². The van der Waals surface area contributed by atoms with Gasteiger partial charge in [0.15, 0.2) is 0 Å². The molecule has 0 spiro atoms. The molecule has 19 heavy (non-hydrogen) atoms. The molecule has 1 saturated heterocycles. The number of nitrogens with one attached hydrogen (secondary N) is 1. The molecule has 1 aliphatic heterocycles. The summed E-state index contributed by atoms with van der Waals surface area (Å²) in [5.74, 6) is 0.751. The van der Waals surface area contributed by atoms with E-state index in [1.807, 2.05) is 24.4 Å². The molecule has 0 aromatic carbocycles. The van der Waals surface area contributed by atoms with Gasteiger partial charge in [-0.05, 0) is 37.8 Å². The number of rotatable bonds is 4. The zero-order valence-corrected chi connectivity index (χ0v) is 11.2. The standard InChI is InChI=1S/C15H21N3O/c19-15(12-4-5-12)18-9-6-13(7-10-18)17-11-14-3-1-2-8-16-14/h1-3,8,12-13,17H,4-7,9-11H2. The first kappa shape index (κ1) is 12.6. The number of pyridine rings is 1. The first-order valence-corrected chi connectivity index (χ1v) is 7.25. The van der Waals surface area contributed by atoms with Gasteiger partial charge in [0.2, 0.25) is 5.91 Å². The molecule has 2 fully saturated rings. The van der Waals surface area contributed by atoms with Gasteiger partial charge in [-0.25, -0.2) is 0 Å². The van der Waals surface area contributed by atoms with Gasteiger partial charge in [0, 0.05) is 37.8 Å². The summed E-state index contributed by atoms with van der Waals surface area (Å²) in [7, 11) is 0. The van der Waals surface area contributed by atoms with E-state index in [2.05, 4.69) is 15.2 Å². The van der Waals surface area contributed by atoms with E-state index in [1.54, 1.807) is 0 Å². The van der Waals surface area contributed by atoms with Crippen LogP contribution < -0.4 is 5.32 Å². The van der Waals surface area contributed by atoms with Crippen LogP contribution >= 0.6 is 0 Å². The van der Waals surface area contributed by atoms with Crippen molar-refractivity contribution >= 4 is 5.91 Å². The van der Waals surface area contributed by atoms with Crippen LogP contribution in [-0.4, -0.2) is 34.9 Å². The molecule has 2 aliphatic rings. The smallest absolute Gasteiger partial charge is 0.225 e. The van der Waals surface area contributed by atoms with E-state index in [1.165, 1.54) is 0 Å². The van der Waals surface area contributed by atoms with Crippen LogP contribution in [-0.2, 0) is 11.3 Å². The Morgan fingerprint density at radius 3 is 2.68 bits per heavy atom. The highest BCUT2D eigenvalue weighted by Crippen LogP contribution is 2.31. The average molecular weight is 259 g/mol. The zero-order chi connectivity index (χ0) is 13.1. The fraction of sp³-hybridized carbons (Fsp3) is 0.600. The quantitative estimate of drug-likeness (QED) is 0.892. The Kier molecular flexibility index (Phi) is 3.78. The van der Waals surface area contributed by atoms with Crippen molar-refractivity contribution in [3.05, 3.63) is 30.1 Å². The Morgan fingerprint density at radius 2 is 2.05 bits per heavy atom. The Morgan fingerprint density at radius 1 is 1.26 bits per heavy atom. The van der Waals surface area contributed by atoms with Gasteiger partial charge in [0.25, 0.3) is 0 Å². The van der Waals surface area contributed by atoms with Gasteiger partial charge in [0.05, 0.1) is 5.69 Å². The van der Waals surface area contributed by atoms with Gasteiger partial charge in [-0.1, -0.05) is 6.07 Å². The lowest BCUT2D eigenvalue weighted by atomic mass is 10.0. The van der Waals surface area contributed by atoms with Crippen LogP contribution in [0.5, 0.6) is 0 Å². The van der Waals surface area contributed by atoms with Crippen LogP contribution in [0.25, 0.3) is 0 Å². The van der Waals surface area contributed by atoms with Crippen LogP contribution in [0.15, 0.2) is 24.4 Å². The molecule has 0 unspecified atom stereocenters. The Balaban J connectivity index is 1.41. The number of nitrogens with zero attached hydrogens (tertiary/aromatic N) is 2. The molecular formula is C15H21N3O. The predicted molar refractivity (Wildman–Crippen MR) is 73.4 cm³/mol. The summed E-state index contributed by atoms with van der Waals surface area (Å²) < 4.78 is 0. The second-order valence-corrected chi connectivity index (χ2v) is 5.58. The van der Waals surface area contributed by atoms with E-state index in [0.717, 1.165) is 51.0 Å². The molecule has 1 N–H and O–H groups in total. The molecule has 1 aromatic rings. The summed E-state index contributed by atoms with van der Waals surface area (Å²) in [5.41, 5.74) is 1.08. The Hall–Kier alpha value is -1.42. The van der Waals surface area contributed by atoms with Crippen molar-refractivity contribution < 1.29 is 4.79 Å². The van der Waals surface area contributed by atoms with E-state index >= 15 is 0 Å². The van der Waals surface area contributed by atoms with Gasteiger partial charge < -0.3 is 10.2 Å². The summed E-state index contributed by atoms with van der Waals surface area (Å²) >= 11 is 0. The topological polar surface area (TPSA) is 45.2 Å². The molecule has 4 heteroatoms. The van der Waals surface area contributed by atoms with E-state index in [0.29, 0.717) is 17.9 Å². The lowest BCUT2D eigenvalue weighted by Crippen LogP contribution is -2.45. The third-order valence-corrected chi connectivity index (χ3v) is 4.03. The largest absolute Gasteiger partial charge is 0.342 e. The number of piperidine rings is 1. The minimum atomic E-state index is 0.359. The maximum atomic E-state index is 11.9. The first-order valence-electron chi connectivity index (χ1n) is 7.25. The highest BCUT2D eigenvalue weighted by molar-refractivity contribution is 5.81. The maximum Gasteiger partial charge on any atom is 0.225 e. The molecule has 0 atom stereocenters. The molecule has 102 valence electrons. The van der Waals surface area contributed by atoms with Crippen LogP contribution in [0.4, 0.5) is 0 Å². The van der Waals surface area contributed by atoms with Gasteiger partial charge in [-0.2, -0.15) is 0 Å². The highest BCUT2D eigenvalue weighted by Gasteiger charge is 2.34. The lowest BCUT2D eigenvalue weighted by Gasteiger charge is -2.32. The zero-order valence-electron chi connectivity index (χ0n) is 11.2. The molecule has 1 aromatic heterocycles. The summed E-state index contributed by atoms with van der Waals surface area (Å²) in [6.45, 7) is 2.65. The van der Waals surface area contributed by atoms with Crippen molar-refractivity contribution in [1.29, 1.82) is 0 Å². The Labute approximate surface area is 114 Å². The van der Waals surface area contributed by atoms with Crippen molar-refractivity contribution in [2.24, 2.45) is 5.92 Å². The van der Waals surface area contributed by atoms with E-state index in [4.69, 9.17) is 0 Å². The molecule has 4 nitrogen and oxygen atoms in total. The molecular weight excluding hydrogens is 238 g/mol. The third kappa shape index (κ3) is 3.32. The number of aromatic nitrogens is 1. The maximum absolute atomic E-state index is 11.9. The third-order valence-electron chi connectivity index (χ3n) is 4.03. The number of carbonyl (C=O) groups is 1. The van der Waals surface area contributed by atoms with Crippen LogP contribution in [0.2, 0.25) is 0 Å². The van der Waals surface area contributed by atoms with E-state index in [9.17, 15) is 4.79 Å². The van der Waals surface area contributed by atoms with Crippen molar-refractivity contribution in [3.63, 3.8) is 0 Å². The van der Waals surface area contributed by atoms with Crippen LogP contribution in [0, 0.1) is 5.92 Å². The van der Waals surface area contributed by atoms with Gasteiger partial charge in [-0.15, -0.1) is 0 Å². The number of hydrogen-bond donors (Lipinski definition) is 1. The van der Waals surface area contributed by atoms with E-state index < -0.39 is 0 Å². The monoisotopic (exact) mass is 259 g/mol. The van der Waals surface area contributed by atoms with E-state index in [-0.39, 0.29) is 0 Å². The first-order chi connectivity index (χ1) is 9.33. The molecule has 0 radical (unpaired) electrons. The fourth-order valence-electron chi connectivity index (χ4n) is 2.64. The molecule has 1 amide bonds. The molecule has 3 rings (SSSR count). The molecule has 2 heterocycles. The second kappa shape index (κ2) is 5.70. The minimum Gasteiger partial charge on any atom is -0.342 e. The minimum absolute atomic E-state index is 0.359. The summed E-state index contributed by atoms with van der Waals surface area (Å²) in [4.78, 5) is 18.3. The molecule has 1 aliphatic carbocycles. The summed E-state index contributed by atoms with van der Waals surface area (Å²) in [6.07, 6.45) is 6.16. The van der Waals surface area contributed by atoms with Crippen LogP contribution in [0.3, 0.4) is 0 Å². The molecule has 0 bridgehead atoms. The number of amides is 1. The van der Waals surface area contributed by atoms with Gasteiger partial charge >= 0.3 is 0 Å². The highest BCUT2D eigenvalue weighted by atomic mass is 16.2. The number of carbonyl (C=O) groups excluding carboxylic acids is 1. The van der Waals surface area contributed by atoms with Crippen molar-refractivity contribution in [1.82, 2.24) is 15.2 Å². The fourth-order valence-corrected chi connectivity index (χ4v) is 2.64. The van der Waals surface area contributed by atoms with Crippen molar-refractivity contribution in [2.75, 3.05) is 13.1 Å². The molecule has 1 saturated carbocycles. The SMILES string of the molecule is O=C(C1CC1)N1CCC(NCc2ccccn2)CC1. The summed E-state index contributed by atoms with van der Waals surface area (Å²) in [6, 6.07) is 6.51. The van der Waals surface area contributed by atoms with Crippen molar-refractivity contribution in [3.8, 4) is 0 Å². The second-order valence-electron chi connectivity index (χ2n) is 5.58. The lowest BCUT2D eigenvalue weighted by molar-refractivity contribution is -0.133. The number of likely N-dealkylation sites (tertiary alicyclic amines) is 1. The number of hydrogen-bond acceptors (Lipinski definition) is 3. The Bertz CT molecular complexity index is 422. The summed E-state index contributed by atoms with van der Waals surface area (Å²) in [5, 5.41) is 3.54. The van der Waals surface area contributed by atoms with Gasteiger partial charge in [-0.3, -0.25) is 9.78 Å². The van der Waals surface area contributed by atoms with Gasteiger partial charge in [0.1, 0.15) is 0 Å². The average Bonchev–Trinajstić information content (AvgIpc) is 3.31. The predicted octanol–water partition coefficient (Wildman–Crippen LogP) is 1.57. The normalized spacial score (nSPS) is 20.5. The van der Waals surface area contributed by atoms with Crippen LogP contribution in [0.1, 0.15) is 31.4 Å².